The first kappa shape index (κ1) is 23.0. The van der Waals surface area contributed by atoms with Crippen LogP contribution in [0.4, 0.5) is 28.8 Å². The molecule has 1 amide bonds. The molecule has 0 saturated carbocycles. The Kier molecular flexibility index (Phi) is 6.59. The third-order valence-electron chi connectivity index (χ3n) is 5.31. The SMILES string of the molecule is Cc1cc(Nc2ccccc2)nc(Nc2ccc(NC(=O)c3ccc(C(C)(C)C)cc3)cc2)n1. The highest BCUT2D eigenvalue weighted by Crippen LogP contribution is 2.23. The van der Waals surface area contributed by atoms with Crippen LogP contribution in [0.15, 0.2) is 84.9 Å². The van der Waals surface area contributed by atoms with E-state index in [1.54, 1.807) is 0 Å². The van der Waals surface area contributed by atoms with E-state index in [1.807, 2.05) is 91.9 Å². The molecule has 0 fully saturated rings. The zero-order valence-electron chi connectivity index (χ0n) is 19.9. The molecule has 0 aliphatic carbocycles. The van der Waals surface area contributed by atoms with Gasteiger partial charge in [-0.15, -0.1) is 0 Å². The highest BCUT2D eigenvalue weighted by Gasteiger charge is 2.14. The fourth-order valence-corrected chi connectivity index (χ4v) is 3.45. The number of benzene rings is 3. The first-order valence-electron chi connectivity index (χ1n) is 11.2. The Balaban J connectivity index is 1.40. The summed E-state index contributed by atoms with van der Waals surface area (Å²) < 4.78 is 0. The summed E-state index contributed by atoms with van der Waals surface area (Å²) in [7, 11) is 0. The number of aryl methyl sites for hydroxylation is 1. The standard InChI is InChI=1S/C28H29N5O/c1-19-18-25(30-22-8-6-5-7-9-22)33-27(29-19)32-24-16-14-23(15-17-24)31-26(34)20-10-12-21(13-11-20)28(2,3)4/h5-18H,1-4H3,(H,31,34)(H2,29,30,32,33). The van der Waals surface area contributed by atoms with Crippen molar-refractivity contribution < 1.29 is 4.79 Å². The third kappa shape index (κ3) is 5.98. The molecule has 34 heavy (non-hydrogen) atoms. The number of anilines is 5. The molecule has 1 aromatic heterocycles. The van der Waals surface area contributed by atoms with Crippen LogP contribution in [0.5, 0.6) is 0 Å². The average molecular weight is 452 g/mol. The molecule has 4 rings (SSSR count). The third-order valence-corrected chi connectivity index (χ3v) is 5.31. The van der Waals surface area contributed by atoms with Crippen molar-refractivity contribution in [3.05, 3.63) is 102 Å². The first-order chi connectivity index (χ1) is 16.3. The van der Waals surface area contributed by atoms with Crippen molar-refractivity contribution in [2.24, 2.45) is 0 Å². The van der Waals surface area contributed by atoms with Gasteiger partial charge in [0, 0.05) is 34.4 Å². The number of aromatic nitrogens is 2. The minimum Gasteiger partial charge on any atom is -0.340 e. The monoisotopic (exact) mass is 451 g/mol. The van der Waals surface area contributed by atoms with Gasteiger partial charge in [-0.25, -0.2) is 4.98 Å². The first-order valence-corrected chi connectivity index (χ1v) is 11.2. The van der Waals surface area contributed by atoms with Crippen molar-refractivity contribution in [1.82, 2.24) is 9.97 Å². The van der Waals surface area contributed by atoms with Gasteiger partial charge in [-0.05, 0) is 66.4 Å². The van der Waals surface area contributed by atoms with Crippen molar-refractivity contribution in [3.8, 4) is 0 Å². The predicted molar refractivity (Wildman–Crippen MR) is 139 cm³/mol. The van der Waals surface area contributed by atoms with Crippen molar-refractivity contribution in [1.29, 1.82) is 0 Å². The number of hydrogen-bond acceptors (Lipinski definition) is 5. The fraction of sp³-hybridized carbons (Fsp3) is 0.179. The molecule has 6 heteroatoms. The van der Waals surface area contributed by atoms with E-state index < -0.39 is 0 Å². The van der Waals surface area contributed by atoms with Crippen LogP contribution in [0, 0.1) is 6.92 Å². The van der Waals surface area contributed by atoms with E-state index in [2.05, 4.69) is 46.7 Å². The van der Waals surface area contributed by atoms with E-state index in [4.69, 9.17) is 0 Å². The highest BCUT2D eigenvalue weighted by molar-refractivity contribution is 6.04. The van der Waals surface area contributed by atoms with Crippen LogP contribution in [0.3, 0.4) is 0 Å². The van der Waals surface area contributed by atoms with Gasteiger partial charge in [-0.2, -0.15) is 4.98 Å². The zero-order chi connectivity index (χ0) is 24.1. The highest BCUT2D eigenvalue weighted by atomic mass is 16.1. The van der Waals surface area contributed by atoms with Gasteiger partial charge in [0.1, 0.15) is 5.82 Å². The maximum absolute atomic E-state index is 12.6. The van der Waals surface area contributed by atoms with E-state index >= 15 is 0 Å². The molecule has 3 aromatic carbocycles. The van der Waals surface area contributed by atoms with Crippen LogP contribution in [0.25, 0.3) is 0 Å². The maximum atomic E-state index is 12.6. The minimum absolute atomic E-state index is 0.0528. The van der Waals surface area contributed by atoms with Crippen LogP contribution in [-0.2, 0) is 5.41 Å². The molecule has 0 aliphatic rings. The Morgan fingerprint density at radius 2 is 1.35 bits per heavy atom. The van der Waals surface area contributed by atoms with Crippen molar-refractivity contribution in [2.45, 2.75) is 33.1 Å². The molecule has 4 aromatic rings. The van der Waals surface area contributed by atoms with Crippen molar-refractivity contribution in [3.63, 3.8) is 0 Å². The van der Waals surface area contributed by atoms with E-state index in [1.165, 1.54) is 5.56 Å². The van der Waals surface area contributed by atoms with Crippen LogP contribution < -0.4 is 16.0 Å². The quantitative estimate of drug-likeness (QED) is 0.300. The second-order valence-corrected chi connectivity index (χ2v) is 9.19. The number of amides is 1. The number of hydrogen-bond donors (Lipinski definition) is 3. The van der Waals surface area contributed by atoms with E-state index in [-0.39, 0.29) is 11.3 Å². The van der Waals surface area contributed by atoms with Gasteiger partial charge in [-0.3, -0.25) is 4.79 Å². The zero-order valence-corrected chi connectivity index (χ0v) is 19.9. The van der Waals surface area contributed by atoms with Gasteiger partial charge in [0.25, 0.3) is 5.91 Å². The molecule has 6 nitrogen and oxygen atoms in total. The summed E-state index contributed by atoms with van der Waals surface area (Å²) in [4.78, 5) is 21.7. The molecule has 1 heterocycles. The summed E-state index contributed by atoms with van der Waals surface area (Å²) in [6.07, 6.45) is 0. The summed E-state index contributed by atoms with van der Waals surface area (Å²) in [5.74, 6) is 1.07. The summed E-state index contributed by atoms with van der Waals surface area (Å²) >= 11 is 0. The minimum atomic E-state index is -0.139. The molecular weight excluding hydrogens is 422 g/mol. The summed E-state index contributed by atoms with van der Waals surface area (Å²) in [6, 6.07) is 27.0. The Labute approximate surface area is 200 Å². The Morgan fingerprint density at radius 3 is 2.00 bits per heavy atom. The van der Waals surface area contributed by atoms with Gasteiger partial charge in [0.15, 0.2) is 0 Å². The summed E-state index contributed by atoms with van der Waals surface area (Å²) in [6.45, 7) is 8.38. The van der Waals surface area contributed by atoms with Gasteiger partial charge in [0.2, 0.25) is 5.95 Å². The Morgan fingerprint density at radius 1 is 0.735 bits per heavy atom. The number of para-hydroxylation sites is 1. The Hall–Kier alpha value is -4.19. The lowest BCUT2D eigenvalue weighted by molar-refractivity contribution is 0.102. The number of rotatable bonds is 6. The lowest BCUT2D eigenvalue weighted by atomic mass is 9.87. The second kappa shape index (κ2) is 9.75. The lowest BCUT2D eigenvalue weighted by Gasteiger charge is -2.19. The molecule has 0 atom stereocenters. The topological polar surface area (TPSA) is 78.9 Å². The molecule has 0 unspecified atom stereocenters. The molecule has 0 saturated heterocycles. The van der Waals surface area contributed by atoms with Crippen LogP contribution in [0.1, 0.15) is 42.4 Å². The summed E-state index contributed by atoms with van der Waals surface area (Å²) in [5, 5.41) is 9.46. The van der Waals surface area contributed by atoms with E-state index in [9.17, 15) is 4.79 Å². The van der Waals surface area contributed by atoms with Crippen LogP contribution in [0.2, 0.25) is 0 Å². The van der Waals surface area contributed by atoms with Gasteiger partial charge in [0.05, 0.1) is 0 Å². The number of carbonyl (C=O) groups excluding carboxylic acids is 1. The van der Waals surface area contributed by atoms with Gasteiger partial charge in [-0.1, -0.05) is 51.1 Å². The van der Waals surface area contributed by atoms with Crippen LogP contribution >= 0.6 is 0 Å². The van der Waals surface area contributed by atoms with E-state index in [0.29, 0.717) is 23.0 Å². The van der Waals surface area contributed by atoms with Crippen molar-refractivity contribution >= 4 is 34.7 Å². The predicted octanol–water partition coefficient (Wildman–Crippen LogP) is 6.82. The number of nitrogens with zero attached hydrogens (tertiary/aromatic N) is 2. The molecule has 172 valence electrons. The Bertz CT molecular complexity index is 1260. The number of carbonyl (C=O) groups is 1. The van der Waals surface area contributed by atoms with E-state index in [0.717, 1.165) is 17.1 Å². The van der Waals surface area contributed by atoms with Crippen LogP contribution in [-0.4, -0.2) is 15.9 Å². The van der Waals surface area contributed by atoms with Crippen molar-refractivity contribution in [2.75, 3.05) is 16.0 Å². The summed E-state index contributed by atoms with van der Waals surface area (Å²) in [5.41, 5.74) is 5.21. The molecule has 0 radical (unpaired) electrons. The maximum Gasteiger partial charge on any atom is 0.255 e. The largest absolute Gasteiger partial charge is 0.340 e. The second-order valence-electron chi connectivity index (χ2n) is 9.19. The fourth-order valence-electron chi connectivity index (χ4n) is 3.45. The normalized spacial score (nSPS) is 11.1. The molecule has 0 spiro atoms. The molecule has 3 N–H and O–H groups in total. The number of nitrogens with one attached hydrogen (secondary N) is 3. The van der Waals surface area contributed by atoms with Gasteiger partial charge < -0.3 is 16.0 Å². The van der Waals surface area contributed by atoms with Gasteiger partial charge >= 0.3 is 0 Å². The molecular formula is C28H29N5O. The smallest absolute Gasteiger partial charge is 0.255 e. The molecule has 0 bridgehead atoms. The molecule has 0 aliphatic heterocycles. The average Bonchev–Trinajstić information content (AvgIpc) is 2.80. The lowest BCUT2D eigenvalue weighted by Crippen LogP contribution is -2.14.